The molecular formula is C16H25BN2O4. The molecule has 2 heterocycles. The second-order valence-corrected chi connectivity index (χ2v) is 6.68. The van der Waals surface area contributed by atoms with Crippen LogP contribution in [0.4, 0.5) is 10.6 Å². The number of hydrogen-bond acceptors (Lipinski definition) is 5. The average molecular weight is 320 g/mol. The Bertz CT molecular complexity index is 547. The van der Waals surface area contributed by atoms with E-state index in [9.17, 15) is 4.79 Å². The van der Waals surface area contributed by atoms with Crippen LogP contribution in [-0.4, -0.2) is 36.0 Å². The molecule has 0 radical (unpaired) electrons. The third kappa shape index (κ3) is 4.23. The van der Waals surface area contributed by atoms with Gasteiger partial charge < -0.3 is 14.0 Å². The zero-order valence-corrected chi connectivity index (χ0v) is 14.5. The first-order chi connectivity index (χ1) is 10.7. The van der Waals surface area contributed by atoms with E-state index in [0.717, 1.165) is 18.3 Å². The van der Waals surface area contributed by atoms with Crippen LogP contribution in [0, 0.1) is 0 Å². The minimum absolute atomic E-state index is 0.402. The lowest BCUT2D eigenvalue weighted by atomic mass is 9.80. The number of carbonyl (C=O) groups is 1. The van der Waals surface area contributed by atoms with Crippen LogP contribution in [0.25, 0.3) is 0 Å². The lowest BCUT2D eigenvalue weighted by Crippen LogP contribution is -2.41. The molecule has 0 saturated carbocycles. The summed E-state index contributed by atoms with van der Waals surface area (Å²) in [5, 5.41) is 2.62. The molecule has 1 aromatic rings. The predicted octanol–water partition coefficient (Wildman–Crippen LogP) is 2.73. The highest BCUT2D eigenvalue weighted by Gasteiger charge is 2.51. The number of pyridine rings is 1. The molecule has 1 amide bonds. The minimum Gasteiger partial charge on any atom is -0.449 e. The number of nitrogens with zero attached hydrogens (tertiary/aromatic N) is 1. The maximum atomic E-state index is 11.7. The van der Waals surface area contributed by atoms with E-state index in [-0.39, 0.29) is 0 Å². The highest BCUT2D eigenvalue weighted by molar-refractivity contribution is 6.62. The molecule has 2 rings (SSSR count). The van der Waals surface area contributed by atoms with Gasteiger partial charge in [-0.1, -0.05) is 13.3 Å². The first-order valence-electron chi connectivity index (χ1n) is 8.00. The van der Waals surface area contributed by atoms with Gasteiger partial charge in [0.2, 0.25) is 0 Å². The monoisotopic (exact) mass is 320 g/mol. The van der Waals surface area contributed by atoms with Gasteiger partial charge in [0.05, 0.1) is 17.8 Å². The fourth-order valence-electron chi connectivity index (χ4n) is 2.09. The highest BCUT2D eigenvalue weighted by Crippen LogP contribution is 2.36. The molecule has 1 aliphatic rings. The molecule has 6 nitrogen and oxygen atoms in total. The van der Waals surface area contributed by atoms with Crippen molar-refractivity contribution in [3.05, 3.63) is 18.3 Å². The van der Waals surface area contributed by atoms with E-state index in [2.05, 4.69) is 10.3 Å². The van der Waals surface area contributed by atoms with Gasteiger partial charge in [0, 0.05) is 6.20 Å². The number of rotatable bonds is 5. The van der Waals surface area contributed by atoms with Gasteiger partial charge >= 0.3 is 13.2 Å². The van der Waals surface area contributed by atoms with Crippen molar-refractivity contribution in [3.8, 4) is 0 Å². The summed E-state index contributed by atoms with van der Waals surface area (Å²) in [4.78, 5) is 15.8. The summed E-state index contributed by atoms with van der Waals surface area (Å²) in [7, 11) is -0.486. The minimum atomic E-state index is -0.503. The van der Waals surface area contributed by atoms with Crippen LogP contribution in [0.3, 0.4) is 0 Å². The normalized spacial score (nSPS) is 18.7. The maximum Gasteiger partial charge on any atom is 0.495 e. The smallest absolute Gasteiger partial charge is 0.449 e. The SMILES string of the molecule is CCCCOC(=O)Nc1cc(B2OC(C)(C)C(C)(C)O2)ccn1. The third-order valence-electron chi connectivity index (χ3n) is 4.27. The van der Waals surface area contributed by atoms with E-state index in [1.54, 1.807) is 12.3 Å². The van der Waals surface area contributed by atoms with Crippen molar-refractivity contribution >= 4 is 24.5 Å². The summed E-state index contributed by atoms with van der Waals surface area (Å²) < 4.78 is 17.1. The largest absolute Gasteiger partial charge is 0.495 e. The number of ether oxygens (including phenoxy) is 1. The quantitative estimate of drug-likeness (QED) is 0.667. The Kier molecular flexibility index (Phi) is 5.32. The van der Waals surface area contributed by atoms with Gasteiger partial charge in [0.15, 0.2) is 0 Å². The van der Waals surface area contributed by atoms with Crippen molar-refractivity contribution in [1.82, 2.24) is 4.98 Å². The van der Waals surface area contributed by atoms with E-state index in [4.69, 9.17) is 14.0 Å². The van der Waals surface area contributed by atoms with Crippen LogP contribution in [-0.2, 0) is 14.0 Å². The second kappa shape index (κ2) is 6.89. The number of amides is 1. The first-order valence-corrected chi connectivity index (χ1v) is 8.00. The molecule has 23 heavy (non-hydrogen) atoms. The zero-order chi connectivity index (χ0) is 17.1. The summed E-state index contributed by atoms with van der Waals surface area (Å²) in [6.45, 7) is 10.4. The molecule has 1 fully saturated rings. The molecule has 0 spiro atoms. The van der Waals surface area contributed by atoms with Crippen LogP contribution in [0.5, 0.6) is 0 Å². The van der Waals surface area contributed by atoms with Crippen molar-refractivity contribution in [3.63, 3.8) is 0 Å². The Morgan fingerprint density at radius 2 is 1.96 bits per heavy atom. The van der Waals surface area contributed by atoms with Gasteiger partial charge in [-0.2, -0.15) is 0 Å². The predicted molar refractivity (Wildman–Crippen MR) is 89.8 cm³/mol. The fraction of sp³-hybridized carbons (Fsp3) is 0.625. The molecule has 1 N–H and O–H groups in total. The molecule has 0 bridgehead atoms. The van der Waals surface area contributed by atoms with Gasteiger partial charge in [0.1, 0.15) is 5.82 Å². The van der Waals surface area contributed by atoms with Crippen molar-refractivity contribution in [2.24, 2.45) is 0 Å². The van der Waals surface area contributed by atoms with E-state index in [0.29, 0.717) is 12.4 Å². The molecule has 1 aliphatic heterocycles. The van der Waals surface area contributed by atoms with E-state index < -0.39 is 24.4 Å². The summed E-state index contributed by atoms with van der Waals surface area (Å²) in [6, 6.07) is 3.55. The van der Waals surface area contributed by atoms with Crippen LogP contribution < -0.4 is 10.8 Å². The van der Waals surface area contributed by atoms with Gasteiger partial charge in [-0.05, 0) is 51.7 Å². The van der Waals surface area contributed by atoms with Gasteiger partial charge in [-0.25, -0.2) is 9.78 Å². The molecule has 7 heteroatoms. The van der Waals surface area contributed by atoms with Gasteiger partial charge in [-0.3, -0.25) is 5.32 Å². The van der Waals surface area contributed by atoms with E-state index in [1.807, 2.05) is 40.7 Å². The van der Waals surface area contributed by atoms with E-state index in [1.165, 1.54) is 0 Å². The number of hydrogen-bond donors (Lipinski definition) is 1. The molecule has 1 aromatic heterocycles. The molecule has 126 valence electrons. The Balaban J connectivity index is 2.02. The molecular weight excluding hydrogens is 295 g/mol. The molecule has 0 aromatic carbocycles. The molecule has 0 atom stereocenters. The summed E-state index contributed by atoms with van der Waals surface area (Å²) in [5.41, 5.74) is -0.0104. The summed E-state index contributed by atoms with van der Waals surface area (Å²) in [5.74, 6) is 0.415. The summed E-state index contributed by atoms with van der Waals surface area (Å²) in [6.07, 6.45) is 2.93. The Hall–Kier alpha value is -1.60. The fourth-order valence-corrected chi connectivity index (χ4v) is 2.09. The number of anilines is 1. The zero-order valence-electron chi connectivity index (χ0n) is 14.5. The molecule has 1 saturated heterocycles. The second-order valence-electron chi connectivity index (χ2n) is 6.68. The average Bonchev–Trinajstić information content (AvgIpc) is 2.68. The summed E-state index contributed by atoms with van der Waals surface area (Å²) >= 11 is 0. The number of carbonyl (C=O) groups excluding carboxylic acids is 1. The Morgan fingerprint density at radius 3 is 2.57 bits per heavy atom. The Labute approximate surface area is 138 Å². The van der Waals surface area contributed by atoms with Crippen LogP contribution in [0.15, 0.2) is 18.3 Å². The van der Waals surface area contributed by atoms with Crippen molar-refractivity contribution < 1.29 is 18.8 Å². The number of aromatic nitrogens is 1. The lowest BCUT2D eigenvalue weighted by Gasteiger charge is -2.32. The number of unbranched alkanes of at least 4 members (excludes halogenated alkanes) is 1. The van der Waals surface area contributed by atoms with Gasteiger partial charge in [-0.15, -0.1) is 0 Å². The lowest BCUT2D eigenvalue weighted by molar-refractivity contribution is 0.00578. The van der Waals surface area contributed by atoms with Crippen molar-refractivity contribution in [2.75, 3.05) is 11.9 Å². The topological polar surface area (TPSA) is 69.7 Å². The van der Waals surface area contributed by atoms with Crippen molar-refractivity contribution in [2.45, 2.75) is 58.7 Å². The molecule has 0 aliphatic carbocycles. The molecule has 0 unspecified atom stereocenters. The highest BCUT2D eigenvalue weighted by atomic mass is 16.7. The van der Waals surface area contributed by atoms with Crippen LogP contribution >= 0.6 is 0 Å². The first kappa shape index (κ1) is 17.8. The van der Waals surface area contributed by atoms with Crippen molar-refractivity contribution in [1.29, 1.82) is 0 Å². The van der Waals surface area contributed by atoms with Crippen LogP contribution in [0.1, 0.15) is 47.5 Å². The van der Waals surface area contributed by atoms with Crippen LogP contribution in [0.2, 0.25) is 0 Å². The standard InChI is InChI=1S/C16H25BN2O4/c1-6-7-10-21-14(20)19-13-11-12(8-9-18-13)17-22-15(2,3)16(4,5)23-17/h8-9,11H,6-7,10H2,1-5H3,(H,18,19,20). The Morgan fingerprint density at radius 1 is 1.30 bits per heavy atom. The number of nitrogens with one attached hydrogen (secondary N) is 1. The third-order valence-corrected chi connectivity index (χ3v) is 4.27. The van der Waals surface area contributed by atoms with E-state index >= 15 is 0 Å². The maximum absolute atomic E-state index is 11.7. The van der Waals surface area contributed by atoms with Gasteiger partial charge in [0.25, 0.3) is 0 Å².